The molecule has 0 amide bonds. The SMILES string of the molecule is N#CC1CCNCC1c1ccc(Br)cc1. The van der Waals surface area contributed by atoms with Crippen LogP contribution < -0.4 is 5.32 Å². The Balaban J connectivity index is 2.21. The number of piperidine rings is 1. The smallest absolute Gasteiger partial charge is 0.0663 e. The molecule has 78 valence electrons. The van der Waals surface area contributed by atoms with Crippen molar-refractivity contribution in [2.45, 2.75) is 12.3 Å². The van der Waals surface area contributed by atoms with E-state index in [0.29, 0.717) is 5.92 Å². The Morgan fingerprint density at radius 2 is 2.07 bits per heavy atom. The molecular weight excluding hydrogens is 252 g/mol. The van der Waals surface area contributed by atoms with Gasteiger partial charge in [-0.15, -0.1) is 0 Å². The van der Waals surface area contributed by atoms with Gasteiger partial charge in [0.15, 0.2) is 0 Å². The van der Waals surface area contributed by atoms with Crippen LogP contribution in [0.5, 0.6) is 0 Å². The minimum atomic E-state index is 0.160. The van der Waals surface area contributed by atoms with E-state index in [2.05, 4.69) is 39.4 Å². The molecule has 0 radical (unpaired) electrons. The molecule has 0 spiro atoms. The molecule has 2 nitrogen and oxygen atoms in total. The molecule has 1 heterocycles. The Labute approximate surface area is 98.4 Å². The van der Waals surface area contributed by atoms with Crippen molar-refractivity contribution >= 4 is 15.9 Å². The van der Waals surface area contributed by atoms with Crippen molar-refractivity contribution in [1.82, 2.24) is 5.32 Å². The lowest BCUT2D eigenvalue weighted by atomic mass is 9.82. The van der Waals surface area contributed by atoms with Crippen molar-refractivity contribution < 1.29 is 0 Å². The summed E-state index contributed by atoms with van der Waals surface area (Å²) in [7, 11) is 0. The molecule has 15 heavy (non-hydrogen) atoms. The number of rotatable bonds is 1. The van der Waals surface area contributed by atoms with E-state index in [0.717, 1.165) is 24.0 Å². The van der Waals surface area contributed by atoms with Gasteiger partial charge in [0.1, 0.15) is 0 Å². The molecule has 2 rings (SSSR count). The summed E-state index contributed by atoms with van der Waals surface area (Å²) in [5.74, 6) is 0.504. The number of nitrogens with zero attached hydrogens (tertiary/aromatic N) is 1. The van der Waals surface area contributed by atoms with Gasteiger partial charge in [0.2, 0.25) is 0 Å². The van der Waals surface area contributed by atoms with E-state index in [1.54, 1.807) is 0 Å². The third-order valence-electron chi connectivity index (χ3n) is 2.95. The summed E-state index contributed by atoms with van der Waals surface area (Å²) in [6, 6.07) is 10.7. The summed E-state index contributed by atoms with van der Waals surface area (Å²) in [5, 5.41) is 12.4. The molecule has 1 aromatic rings. The highest BCUT2D eigenvalue weighted by Gasteiger charge is 2.25. The van der Waals surface area contributed by atoms with Crippen molar-refractivity contribution in [3.63, 3.8) is 0 Å². The van der Waals surface area contributed by atoms with Crippen molar-refractivity contribution in [2.75, 3.05) is 13.1 Å². The monoisotopic (exact) mass is 264 g/mol. The van der Waals surface area contributed by atoms with E-state index >= 15 is 0 Å². The van der Waals surface area contributed by atoms with Gasteiger partial charge >= 0.3 is 0 Å². The fourth-order valence-electron chi connectivity index (χ4n) is 2.07. The van der Waals surface area contributed by atoms with Crippen LogP contribution in [-0.2, 0) is 0 Å². The van der Waals surface area contributed by atoms with Gasteiger partial charge in [0.25, 0.3) is 0 Å². The first kappa shape index (κ1) is 10.7. The van der Waals surface area contributed by atoms with Crippen molar-refractivity contribution in [2.24, 2.45) is 5.92 Å². The third-order valence-corrected chi connectivity index (χ3v) is 3.47. The molecular formula is C12H13BrN2. The van der Waals surface area contributed by atoms with Gasteiger partial charge in [-0.3, -0.25) is 0 Å². The fraction of sp³-hybridized carbons (Fsp3) is 0.417. The van der Waals surface area contributed by atoms with Gasteiger partial charge in [-0.2, -0.15) is 5.26 Å². The molecule has 2 unspecified atom stereocenters. The second-order valence-electron chi connectivity index (χ2n) is 3.89. The first-order chi connectivity index (χ1) is 7.31. The van der Waals surface area contributed by atoms with Crippen LogP contribution in [0, 0.1) is 17.2 Å². The number of hydrogen-bond donors (Lipinski definition) is 1. The quantitative estimate of drug-likeness (QED) is 0.847. The summed E-state index contributed by atoms with van der Waals surface area (Å²) in [6.07, 6.45) is 0.956. The molecule has 0 aromatic heterocycles. The first-order valence-electron chi connectivity index (χ1n) is 5.17. The standard InChI is InChI=1S/C12H13BrN2/c13-11-3-1-9(2-4-11)12-8-15-6-5-10(12)7-14/h1-4,10,12,15H,5-6,8H2. The maximum atomic E-state index is 9.09. The predicted octanol–water partition coefficient (Wildman–Crippen LogP) is 2.67. The average molecular weight is 265 g/mol. The summed E-state index contributed by atoms with van der Waals surface area (Å²) < 4.78 is 1.09. The number of halogens is 1. The third kappa shape index (κ3) is 2.39. The summed E-state index contributed by atoms with van der Waals surface area (Å²) in [6.45, 7) is 1.88. The maximum Gasteiger partial charge on any atom is 0.0663 e. The minimum Gasteiger partial charge on any atom is -0.316 e. The highest BCUT2D eigenvalue weighted by molar-refractivity contribution is 9.10. The predicted molar refractivity (Wildman–Crippen MR) is 63.5 cm³/mol. The summed E-state index contributed by atoms with van der Waals surface area (Å²) in [4.78, 5) is 0. The zero-order valence-electron chi connectivity index (χ0n) is 8.41. The van der Waals surface area contributed by atoms with E-state index in [4.69, 9.17) is 5.26 Å². The van der Waals surface area contributed by atoms with Crippen LogP contribution in [0.25, 0.3) is 0 Å². The van der Waals surface area contributed by atoms with Crippen molar-refractivity contribution in [3.8, 4) is 6.07 Å². The van der Waals surface area contributed by atoms with Gasteiger partial charge in [0, 0.05) is 16.9 Å². The van der Waals surface area contributed by atoms with E-state index in [1.807, 2.05) is 12.1 Å². The van der Waals surface area contributed by atoms with Crippen LogP contribution >= 0.6 is 15.9 Å². The highest BCUT2D eigenvalue weighted by atomic mass is 79.9. The molecule has 1 aliphatic heterocycles. The molecule has 1 saturated heterocycles. The molecule has 3 heteroatoms. The average Bonchev–Trinajstić information content (AvgIpc) is 2.30. The van der Waals surface area contributed by atoms with Crippen LogP contribution in [0.2, 0.25) is 0 Å². The van der Waals surface area contributed by atoms with E-state index < -0.39 is 0 Å². The van der Waals surface area contributed by atoms with Crippen molar-refractivity contribution in [1.29, 1.82) is 5.26 Å². The van der Waals surface area contributed by atoms with Crippen LogP contribution in [-0.4, -0.2) is 13.1 Å². The van der Waals surface area contributed by atoms with Crippen LogP contribution in [0.3, 0.4) is 0 Å². The fourth-order valence-corrected chi connectivity index (χ4v) is 2.34. The molecule has 1 aromatic carbocycles. The Kier molecular flexibility index (Phi) is 3.40. The zero-order chi connectivity index (χ0) is 10.7. The molecule has 0 saturated carbocycles. The van der Waals surface area contributed by atoms with Crippen LogP contribution in [0.15, 0.2) is 28.7 Å². The summed E-state index contributed by atoms with van der Waals surface area (Å²) in [5.41, 5.74) is 1.26. The first-order valence-corrected chi connectivity index (χ1v) is 5.96. The molecule has 1 aliphatic rings. The molecule has 0 aliphatic carbocycles. The van der Waals surface area contributed by atoms with E-state index in [1.165, 1.54) is 5.56 Å². The Morgan fingerprint density at radius 1 is 1.33 bits per heavy atom. The normalized spacial score (nSPS) is 25.9. The molecule has 2 atom stereocenters. The topological polar surface area (TPSA) is 35.8 Å². The largest absolute Gasteiger partial charge is 0.316 e. The molecule has 0 bridgehead atoms. The highest BCUT2D eigenvalue weighted by Crippen LogP contribution is 2.29. The Morgan fingerprint density at radius 3 is 2.73 bits per heavy atom. The molecule has 1 N–H and O–H groups in total. The second kappa shape index (κ2) is 4.78. The molecule has 1 fully saturated rings. The lowest BCUT2D eigenvalue weighted by molar-refractivity contribution is 0.387. The van der Waals surface area contributed by atoms with Crippen LogP contribution in [0.4, 0.5) is 0 Å². The number of nitriles is 1. The van der Waals surface area contributed by atoms with E-state index in [-0.39, 0.29) is 5.92 Å². The second-order valence-corrected chi connectivity index (χ2v) is 4.80. The van der Waals surface area contributed by atoms with E-state index in [9.17, 15) is 0 Å². The summed E-state index contributed by atoms with van der Waals surface area (Å²) >= 11 is 3.42. The van der Waals surface area contributed by atoms with Crippen molar-refractivity contribution in [3.05, 3.63) is 34.3 Å². The van der Waals surface area contributed by atoms with Gasteiger partial charge in [-0.05, 0) is 30.7 Å². The Hall–Kier alpha value is -0.850. The Bertz CT molecular complexity index is 366. The van der Waals surface area contributed by atoms with Gasteiger partial charge in [0.05, 0.1) is 12.0 Å². The lowest BCUT2D eigenvalue weighted by Crippen LogP contribution is -2.34. The van der Waals surface area contributed by atoms with Crippen LogP contribution in [0.1, 0.15) is 17.9 Å². The number of benzene rings is 1. The van der Waals surface area contributed by atoms with Gasteiger partial charge < -0.3 is 5.32 Å². The number of nitrogens with one attached hydrogen (secondary N) is 1. The number of hydrogen-bond acceptors (Lipinski definition) is 2. The lowest BCUT2D eigenvalue weighted by Gasteiger charge is -2.27. The van der Waals surface area contributed by atoms with Gasteiger partial charge in [-0.25, -0.2) is 0 Å². The minimum absolute atomic E-state index is 0.160. The zero-order valence-corrected chi connectivity index (χ0v) is 10.00. The van der Waals surface area contributed by atoms with Gasteiger partial charge in [-0.1, -0.05) is 28.1 Å². The maximum absolute atomic E-state index is 9.09.